The number of amides is 2. The van der Waals surface area contributed by atoms with Crippen LogP contribution in [0.5, 0.6) is 5.75 Å². The van der Waals surface area contributed by atoms with Crippen LogP contribution in [0.3, 0.4) is 0 Å². The molecular weight excluding hydrogens is 316 g/mol. The summed E-state index contributed by atoms with van der Waals surface area (Å²) < 4.78 is 5.60. The van der Waals surface area contributed by atoms with Gasteiger partial charge in [-0.3, -0.25) is 9.59 Å². The first-order valence-electron chi connectivity index (χ1n) is 8.24. The maximum atomic E-state index is 12.1. The molecule has 0 aliphatic rings. The van der Waals surface area contributed by atoms with Gasteiger partial charge in [0.1, 0.15) is 5.75 Å². The third kappa shape index (κ3) is 5.35. The van der Waals surface area contributed by atoms with Gasteiger partial charge in [-0.25, -0.2) is 0 Å². The van der Waals surface area contributed by atoms with Gasteiger partial charge in [0.15, 0.2) is 6.10 Å². The molecule has 132 valence electrons. The normalized spacial score (nSPS) is 11.5. The lowest BCUT2D eigenvalue weighted by atomic mass is 10.1. The predicted octanol–water partition coefficient (Wildman–Crippen LogP) is 3.13. The Kier molecular flexibility index (Phi) is 6.17. The Balaban J connectivity index is 1.85. The number of para-hydroxylation sites is 1. The molecule has 2 rings (SSSR count). The molecule has 2 N–H and O–H groups in total. The number of carbonyl (C=O) groups is 2. The second kappa shape index (κ2) is 8.33. The average Bonchev–Trinajstić information content (AvgIpc) is 2.56. The fourth-order valence-electron chi connectivity index (χ4n) is 2.45. The Hall–Kier alpha value is -2.82. The van der Waals surface area contributed by atoms with E-state index in [9.17, 15) is 9.59 Å². The van der Waals surface area contributed by atoms with Crippen molar-refractivity contribution >= 4 is 17.5 Å². The highest BCUT2D eigenvalue weighted by molar-refractivity contribution is 5.96. The minimum Gasteiger partial charge on any atom is -0.481 e. The number of nitrogens with one attached hydrogen (secondary N) is 2. The largest absolute Gasteiger partial charge is 0.481 e. The molecule has 0 spiro atoms. The first kappa shape index (κ1) is 18.5. The van der Waals surface area contributed by atoms with Crippen molar-refractivity contribution in [3.63, 3.8) is 0 Å². The van der Waals surface area contributed by atoms with Gasteiger partial charge in [-0.2, -0.15) is 0 Å². The van der Waals surface area contributed by atoms with E-state index in [1.165, 1.54) is 0 Å². The smallest absolute Gasteiger partial charge is 0.261 e. The van der Waals surface area contributed by atoms with E-state index in [0.29, 0.717) is 5.75 Å². The van der Waals surface area contributed by atoms with Crippen LogP contribution in [0, 0.1) is 20.8 Å². The minimum atomic E-state index is -0.685. The van der Waals surface area contributed by atoms with Gasteiger partial charge in [0.05, 0.1) is 6.54 Å². The summed E-state index contributed by atoms with van der Waals surface area (Å²) in [6.07, 6.45) is -0.685. The van der Waals surface area contributed by atoms with E-state index in [2.05, 4.69) is 10.6 Å². The molecule has 0 heterocycles. The fourth-order valence-corrected chi connectivity index (χ4v) is 2.45. The van der Waals surface area contributed by atoms with Gasteiger partial charge in [0, 0.05) is 5.69 Å². The zero-order chi connectivity index (χ0) is 18.4. The lowest BCUT2D eigenvalue weighted by Crippen LogP contribution is -2.40. The molecule has 0 radical (unpaired) electrons. The maximum absolute atomic E-state index is 12.1. The Morgan fingerprint density at radius 3 is 2.32 bits per heavy atom. The van der Waals surface area contributed by atoms with Crippen molar-refractivity contribution in [2.24, 2.45) is 0 Å². The molecule has 2 amide bonds. The zero-order valence-corrected chi connectivity index (χ0v) is 15.1. The lowest BCUT2D eigenvalue weighted by Gasteiger charge is -2.16. The van der Waals surface area contributed by atoms with E-state index in [1.54, 1.807) is 13.0 Å². The molecule has 5 nitrogen and oxygen atoms in total. The van der Waals surface area contributed by atoms with Crippen LogP contribution in [0.25, 0.3) is 0 Å². The molecule has 0 aliphatic heterocycles. The highest BCUT2D eigenvalue weighted by atomic mass is 16.5. The second-order valence-corrected chi connectivity index (χ2v) is 6.11. The predicted molar refractivity (Wildman–Crippen MR) is 98.8 cm³/mol. The number of rotatable bonds is 6. The van der Waals surface area contributed by atoms with Crippen molar-refractivity contribution in [1.29, 1.82) is 0 Å². The third-order valence-corrected chi connectivity index (χ3v) is 3.84. The quantitative estimate of drug-likeness (QED) is 0.849. The number of carbonyl (C=O) groups excluding carboxylic acids is 2. The van der Waals surface area contributed by atoms with Crippen molar-refractivity contribution in [1.82, 2.24) is 5.32 Å². The van der Waals surface area contributed by atoms with Crippen LogP contribution in [0.2, 0.25) is 0 Å². The Bertz CT molecular complexity index is 751. The number of aryl methyl sites for hydroxylation is 3. The van der Waals surface area contributed by atoms with Gasteiger partial charge in [-0.15, -0.1) is 0 Å². The highest BCUT2D eigenvalue weighted by Gasteiger charge is 2.16. The topological polar surface area (TPSA) is 67.4 Å². The third-order valence-electron chi connectivity index (χ3n) is 3.84. The molecule has 0 fully saturated rings. The van der Waals surface area contributed by atoms with Crippen molar-refractivity contribution < 1.29 is 14.3 Å². The van der Waals surface area contributed by atoms with Crippen LogP contribution >= 0.6 is 0 Å². The van der Waals surface area contributed by atoms with Gasteiger partial charge in [0.25, 0.3) is 5.91 Å². The number of hydrogen-bond acceptors (Lipinski definition) is 3. The lowest BCUT2D eigenvalue weighted by molar-refractivity contribution is -0.129. The molecule has 0 saturated heterocycles. The van der Waals surface area contributed by atoms with E-state index in [4.69, 9.17) is 4.74 Å². The number of anilines is 1. The molecule has 2 aromatic rings. The summed E-state index contributed by atoms with van der Waals surface area (Å²) in [5.74, 6) is 0.0225. The molecule has 0 bridgehead atoms. The average molecular weight is 340 g/mol. The first-order valence-corrected chi connectivity index (χ1v) is 8.24. The summed E-state index contributed by atoms with van der Waals surface area (Å²) in [4.78, 5) is 24.2. The minimum absolute atomic E-state index is 0.103. The standard InChI is InChI=1S/C20H24N2O3/c1-13-7-5-10-17(11-13)25-16(4)20(24)21-12-18(23)22-19-14(2)8-6-9-15(19)3/h5-11,16H,12H2,1-4H3,(H,21,24)(H,22,23)/t16-/m0/s1. The summed E-state index contributed by atoms with van der Waals surface area (Å²) in [5.41, 5.74) is 3.80. The number of hydrogen-bond donors (Lipinski definition) is 2. The van der Waals surface area contributed by atoms with Crippen molar-refractivity contribution in [3.05, 3.63) is 59.2 Å². The van der Waals surface area contributed by atoms with Crippen molar-refractivity contribution in [3.8, 4) is 5.75 Å². The fraction of sp³-hybridized carbons (Fsp3) is 0.300. The molecule has 25 heavy (non-hydrogen) atoms. The molecule has 1 atom stereocenters. The molecule has 0 unspecified atom stereocenters. The van der Waals surface area contributed by atoms with Gasteiger partial charge in [0.2, 0.25) is 5.91 Å². The van der Waals surface area contributed by atoms with E-state index in [1.807, 2.05) is 57.2 Å². The van der Waals surface area contributed by atoms with Gasteiger partial charge < -0.3 is 15.4 Å². The zero-order valence-electron chi connectivity index (χ0n) is 15.1. The summed E-state index contributed by atoms with van der Waals surface area (Å²) in [5, 5.41) is 5.44. The molecule has 0 aliphatic carbocycles. The van der Waals surface area contributed by atoms with Crippen molar-refractivity contribution in [2.45, 2.75) is 33.8 Å². The van der Waals surface area contributed by atoms with Crippen LogP contribution in [0.1, 0.15) is 23.6 Å². The Morgan fingerprint density at radius 1 is 1.04 bits per heavy atom. The molecule has 0 aromatic heterocycles. The maximum Gasteiger partial charge on any atom is 0.261 e. The van der Waals surface area contributed by atoms with E-state index >= 15 is 0 Å². The first-order chi connectivity index (χ1) is 11.9. The molecule has 5 heteroatoms. The van der Waals surface area contributed by atoms with E-state index in [-0.39, 0.29) is 18.4 Å². The SMILES string of the molecule is Cc1cccc(O[C@@H](C)C(=O)NCC(=O)Nc2c(C)cccc2C)c1. The van der Waals surface area contributed by atoms with Crippen LogP contribution in [0.4, 0.5) is 5.69 Å². The number of ether oxygens (including phenoxy) is 1. The summed E-state index contributed by atoms with van der Waals surface area (Å²) >= 11 is 0. The monoisotopic (exact) mass is 340 g/mol. The van der Waals surface area contributed by atoms with Crippen LogP contribution in [0.15, 0.2) is 42.5 Å². The second-order valence-electron chi connectivity index (χ2n) is 6.11. The summed E-state index contributed by atoms with van der Waals surface area (Å²) in [6, 6.07) is 13.3. The number of benzene rings is 2. The van der Waals surface area contributed by atoms with Crippen LogP contribution in [-0.4, -0.2) is 24.5 Å². The van der Waals surface area contributed by atoms with Crippen LogP contribution in [-0.2, 0) is 9.59 Å². The highest BCUT2D eigenvalue weighted by Crippen LogP contribution is 2.19. The van der Waals surface area contributed by atoms with Crippen molar-refractivity contribution in [2.75, 3.05) is 11.9 Å². The molecule has 0 saturated carbocycles. The van der Waals surface area contributed by atoms with E-state index < -0.39 is 6.10 Å². The molecular formula is C20H24N2O3. The summed E-state index contributed by atoms with van der Waals surface area (Å²) in [7, 11) is 0. The van der Waals surface area contributed by atoms with Gasteiger partial charge >= 0.3 is 0 Å². The molecule has 2 aromatic carbocycles. The van der Waals surface area contributed by atoms with Gasteiger partial charge in [-0.05, 0) is 56.5 Å². The Labute approximate surface area is 148 Å². The van der Waals surface area contributed by atoms with E-state index in [0.717, 1.165) is 22.4 Å². The summed E-state index contributed by atoms with van der Waals surface area (Å²) in [6.45, 7) is 7.36. The Morgan fingerprint density at radius 2 is 1.68 bits per heavy atom. The van der Waals surface area contributed by atoms with Gasteiger partial charge in [-0.1, -0.05) is 30.3 Å². The van der Waals surface area contributed by atoms with Crippen LogP contribution < -0.4 is 15.4 Å².